The molecule has 0 aliphatic rings. The van der Waals surface area contributed by atoms with Crippen LogP contribution < -0.4 is 15.5 Å². The summed E-state index contributed by atoms with van der Waals surface area (Å²) in [6.07, 6.45) is 4.37. The van der Waals surface area contributed by atoms with Crippen molar-refractivity contribution in [2.45, 2.75) is 13.5 Å². The van der Waals surface area contributed by atoms with Gasteiger partial charge in [-0.1, -0.05) is 17.7 Å². The molecule has 8 heteroatoms. The number of fused-ring (bicyclic) bond motifs is 1. The van der Waals surface area contributed by atoms with Crippen molar-refractivity contribution in [1.29, 1.82) is 0 Å². The van der Waals surface area contributed by atoms with E-state index in [-0.39, 0.29) is 23.4 Å². The lowest BCUT2D eigenvalue weighted by atomic mass is 10.0. The highest BCUT2D eigenvalue weighted by molar-refractivity contribution is 6.33. The van der Waals surface area contributed by atoms with Crippen molar-refractivity contribution in [1.82, 2.24) is 9.55 Å². The summed E-state index contributed by atoms with van der Waals surface area (Å²) in [5, 5.41) is 3.48. The van der Waals surface area contributed by atoms with Crippen LogP contribution in [-0.2, 0) is 11.3 Å². The number of ketones is 1. The van der Waals surface area contributed by atoms with Crippen LogP contribution in [0.1, 0.15) is 21.5 Å². The standard InChI is InChI=1S/C25H20ClN3O4/c1-15-3-5-21(20(26)11-15)28-23(30)14-29-13-19(24(31)16-7-9-27-10-8-16)25(32)18-12-17(33-2)4-6-22(18)29/h3-13H,14H2,1-2H3,(H,28,30). The maximum absolute atomic E-state index is 13.2. The van der Waals surface area contributed by atoms with E-state index in [2.05, 4.69) is 10.3 Å². The lowest BCUT2D eigenvalue weighted by Crippen LogP contribution is -2.24. The smallest absolute Gasteiger partial charge is 0.244 e. The molecule has 4 aromatic rings. The number of ether oxygens (including phenoxy) is 1. The summed E-state index contributed by atoms with van der Waals surface area (Å²) in [6.45, 7) is 1.77. The van der Waals surface area contributed by atoms with Gasteiger partial charge >= 0.3 is 0 Å². The number of rotatable bonds is 6. The van der Waals surface area contributed by atoms with Gasteiger partial charge in [0.25, 0.3) is 0 Å². The minimum atomic E-state index is -0.456. The molecule has 2 aromatic heterocycles. The Kier molecular flexibility index (Phi) is 6.24. The summed E-state index contributed by atoms with van der Waals surface area (Å²) in [5.74, 6) is -0.345. The number of benzene rings is 2. The van der Waals surface area contributed by atoms with Gasteiger partial charge in [-0.2, -0.15) is 0 Å². The number of methoxy groups -OCH3 is 1. The first-order chi connectivity index (χ1) is 15.9. The second-order valence-electron chi connectivity index (χ2n) is 7.48. The Morgan fingerprint density at radius 3 is 2.55 bits per heavy atom. The number of halogens is 1. The van der Waals surface area contributed by atoms with E-state index in [4.69, 9.17) is 16.3 Å². The van der Waals surface area contributed by atoms with Gasteiger partial charge in [-0.25, -0.2) is 0 Å². The molecule has 2 heterocycles. The van der Waals surface area contributed by atoms with Crippen molar-refractivity contribution in [2.24, 2.45) is 0 Å². The predicted molar refractivity (Wildman–Crippen MR) is 127 cm³/mol. The van der Waals surface area contributed by atoms with Crippen molar-refractivity contribution >= 4 is 39.9 Å². The highest BCUT2D eigenvalue weighted by Crippen LogP contribution is 2.24. The summed E-state index contributed by atoms with van der Waals surface area (Å²) in [5.41, 5.74) is 1.78. The van der Waals surface area contributed by atoms with E-state index in [0.29, 0.717) is 27.5 Å². The highest BCUT2D eigenvalue weighted by atomic mass is 35.5. The minimum absolute atomic E-state index is 0.0527. The van der Waals surface area contributed by atoms with Gasteiger partial charge in [-0.05, 0) is 55.0 Å². The fraction of sp³-hybridized carbons (Fsp3) is 0.120. The molecule has 0 bridgehead atoms. The van der Waals surface area contributed by atoms with Crippen LogP contribution in [0, 0.1) is 6.92 Å². The van der Waals surface area contributed by atoms with Crippen molar-refractivity contribution in [2.75, 3.05) is 12.4 Å². The normalized spacial score (nSPS) is 10.8. The monoisotopic (exact) mass is 461 g/mol. The van der Waals surface area contributed by atoms with E-state index in [1.54, 1.807) is 34.9 Å². The largest absolute Gasteiger partial charge is 0.497 e. The molecule has 4 rings (SSSR count). The summed E-state index contributed by atoms with van der Waals surface area (Å²) in [6, 6.07) is 13.3. The zero-order valence-electron chi connectivity index (χ0n) is 18.0. The first-order valence-corrected chi connectivity index (χ1v) is 10.5. The number of nitrogens with one attached hydrogen (secondary N) is 1. The molecular weight excluding hydrogens is 442 g/mol. The maximum Gasteiger partial charge on any atom is 0.244 e. The molecule has 7 nitrogen and oxygen atoms in total. The van der Waals surface area contributed by atoms with E-state index in [1.807, 2.05) is 13.0 Å². The van der Waals surface area contributed by atoms with Gasteiger partial charge in [0.2, 0.25) is 11.3 Å². The van der Waals surface area contributed by atoms with E-state index in [9.17, 15) is 14.4 Å². The lowest BCUT2D eigenvalue weighted by molar-refractivity contribution is -0.116. The van der Waals surface area contributed by atoms with Gasteiger partial charge in [0.15, 0.2) is 5.78 Å². The first-order valence-electron chi connectivity index (χ1n) is 10.1. The van der Waals surface area contributed by atoms with Crippen LogP contribution in [0.25, 0.3) is 10.9 Å². The molecule has 0 radical (unpaired) electrons. The van der Waals surface area contributed by atoms with E-state index >= 15 is 0 Å². The first kappa shape index (κ1) is 22.2. The van der Waals surface area contributed by atoms with E-state index in [0.717, 1.165) is 5.56 Å². The van der Waals surface area contributed by atoms with Gasteiger partial charge < -0.3 is 14.6 Å². The Labute approximate surface area is 194 Å². The Hall–Kier alpha value is -3.97. The second-order valence-corrected chi connectivity index (χ2v) is 7.89. The van der Waals surface area contributed by atoms with Gasteiger partial charge in [0.1, 0.15) is 12.3 Å². The number of amides is 1. The molecule has 33 heavy (non-hydrogen) atoms. The number of pyridine rings is 2. The topological polar surface area (TPSA) is 90.3 Å². The molecule has 0 spiro atoms. The summed E-state index contributed by atoms with van der Waals surface area (Å²) in [7, 11) is 1.49. The maximum atomic E-state index is 13.2. The average molecular weight is 462 g/mol. The van der Waals surface area contributed by atoms with Crippen LogP contribution in [-0.4, -0.2) is 28.4 Å². The number of aryl methyl sites for hydroxylation is 1. The SMILES string of the molecule is COc1ccc2c(c1)c(=O)c(C(=O)c1ccncc1)cn2CC(=O)Nc1ccc(C)cc1Cl. The number of hydrogen-bond donors (Lipinski definition) is 1. The number of hydrogen-bond acceptors (Lipinski definition) is 5. The summed E-state index contributed by atoms with van der Waals surface area (Å²) < 4.78 is 6.82. The van der Waals surface area contributed by atoms with Crippen molar-refractivity contribution in [3.05, 3.63) is 99.1 Å². The van der Waals surface area contributed by atoms with Crippen LogP contribution in [0.2, 0.25) is 5.02 Å². The van der Waals surface area contributed by atoms with Gasteiger partial charge in [0.05, 0.1) is 34.3 Å². The van der Waals surface area contributed by atoms with Crippen LogP contribution in [0.15, 0.2) is 71.9 Å². The molecule has 0 fully saturated rings. The summed E-state index contributed by atoms with van der Waals surface area (Å²) >= 11 is 6.23. The minimum Gasteiger partial charge on any atom is -0.497 e. The molecule has 0 saturated carbocycles. The van der Waals surface area contributed by atoms with Gasteiger partial charge in [-0.3, -0.25) is 19.4 Å². The number of carbonyl (C=O) groups is 2. The van der Waals surface area contributed by atoms with E-state index < -0.39 is 11.2 Å². The Bertz CT molecular complexity index is 1430. The van der Waals surface area contributed by atoms with Gasteiger partial charge in [-0.15, -0.1) is 0 Å². The molecule has 0 atom stereocenters. The average Bonchev–Trinajstić information content (AvgIpc) is 2.82. The molecule has 0 saturated heterocycles. The van der Waals surface area contributed by atoms with Crippen molar-refractivity contribution in [3.8, 4) is 5.75 Å². The molecule has 0 aliphatic heterocycles. The molecule has 0 unspecified atom stereocenters. The third kappa shape index (κ3) is 4.63. The van der Waals surface area contributed by atoms with Crippen LogP contribution >= 0.6 is 11.6 Å². The van der Waals surface area contributed by atoms with Crippen LogP contribution in [0.3, 0.4) is 0 Å². The number of carbonyl (C=O) groups excluding carboxylic acids is 2. The van der Waals surface area contributed by atoms with E-state index in [1.165, 1.54) is 37.8 Å². The Balaban J connectivity index is 1.78. The van der Waals surface area contributed by atoms with Crippen molar-refractivity contribution < 1.29 is 14.3 Å². The molecular formula is C25H20ClN3O4. The lowest BCUT2D eigenvalue weighted by Gasteiger charge is -2.15. The zero-order valence-corrected chi connectivity index (χ0v) is 18.7. The molecule has 1 N–H and O–H groups in total. The second kappa shape index (κ2) is 9.26. The zero-order chi connectivity index (χ0) is 23.5. The highest BCUT2D eigenvalue weighted by Gasteiger charge is 2.19. The quantitative estimate of drug-likeness (QED) is 0.434. The third-order valence-electron chi connectivity index (χ3n) is 5.19. The molecule has 2 aromatic carbocycles. The molecule has 166 valence electrons. The fourth-order valence-corrected chi connectivity index (χ4v) is 3.80. The number of nitrogens with zero attached hydrogens (tertiary/aromatic N) is 2. The van der Waals surface area contributed by atoms with Crippen LogP contribution in [0.5, 0.6) is 5.75 Å². The third-order valence-corrected chi connectivity index (χ3v) is 5.50. The molecule has 0 aliphatic carbocycles. The number of anilines is 1. The Morgan fingerprint density at radius 1 is 1.09 bits per heavy atom. The predicted octanol–water partition coefficient (Wildman–Crippen LogP) is 4.24. The fourth-order valence-electron chi connectivity index (χ4n) is 3.52. The summed E-state index contributed by atoms with van der Waals surface area (Å²) in [4.78, 5) is 43.0. The van der Waals surface area contributed by atoms with Crippen molar-refractivity contribution in [3.63, 3.8) is 0 Å². The van der Waals surface area contributed by atoms with Crippen LogP contribution in [0.4, 0.5) is 5.69 Å². The Morgan fingerprint density at radius 2 is 1.85 bits per heavy atom. The van der Waals surface area contributed by atoms with Gasteiger partial charge in [0, 0.05) is 24.2 Å². The number of aromatic nitrogens is 2. The molecule has 1 amide bonds.